The summed E-state index contributed by atoms with van der Waals surface area (Å²) in [6.45, 7) is 0. The Balaban J connectivity index is 0.000000161. The van der Waals surface area contributed by atoms with Crippen molar-refractivity contribution >= 4 is 23.2 Å². The summed E-state index contributed by atoms with van der Waals surface area (Å²) in [7, 11) is 0. The minimum Gasteiger partial charge on any atom is -0.121 e. The number of benzene rings is 3. The van der Waals surface area contributed by atoms with Gasteiger partial charge in [-0.05, 0) is 22.8 Å². The van der Waals surface area contributed by atoms with Crippen LogP contribution in [0.25, 0.3) is 11.1 Å². The molecule has 0 aliphatic rings. The van der Waals surface area contributed by atoms with Crippen molar-refractivity contribution in [2.45, 2.75) is 5.88 Å². The molecule has 21 heavy (non-hydrogen) atoms. The van der Waals surface area contributed by atoms with Gasteiger partial charge in [0.25, 0.3) is 0 Å². The molecule has 2 heteroatoms. The molecule has 0 bridgehead atoms. The average molecular weight is 315 g/mol. The van der Waals surface area contributed by atoms with Crippen molar-refractivity contribution < 1.29 is 0 Å². The molecule has 0 amide bonds. The fourth-order valence-corrected chi connectivity index (χ4v) is 2.37. The molecule has 0 aliphatic carbocycles. The van der Waals surface area contributed by atoms with Crippen molar-refractivity contribution in [3.05, 3.63) is 95.5 Å². The Hall–Kier alpha value is -1.76. The Morgan fingerprint density at radius 3 is 1.38 bits per heavy atom. The lowest BCUT2D eigenvalue weighted by atomic mass is 10.1. The van der Waals surface area contributed by atoms with Crippen molar-refractivity contribution in [1.82, 2.24) is 0 Å². The SMILES string of the molecule is ClCc1ccccc1Cl.c1ccc(-c2ccccc2)cc1. The summed E-state index contributed by atoms with van der Waals surface area (Å²) in [5, 5.41) is 0.743. The van der Waals surface area contributed by atoms with Crippen molar-refractivity contribution in [2.75, 3.05) is 0 Å². The zero-order chi connectivity index (χ0) is 14.9. The van der Waals surface area contributed by atoms with Crippen LogP contribution >= 0.6 is 23.2 Å². The highest BCUT2D eigenvalue weighted by atomic mass is 35.5. The number of rotatable bonds is 2. The van der Waals surface area contributed by atoms with Crippen LogP contribution in [-0.4, -0.2) is 0 Å². The monoisotopic (exact) mass is 314 g/mol. The fourth-order valence-electron chi connectivity index (χ4n) is 1.87. The Morgan fingerprint density at radius 2 is 1.00 bits per heavy atom. The summed E-state index contributed by atoms with van der Waals surface area (Å²) in [4.78, 5) is 0. The van der Waals surface area contributed by atoms with Crippen LogP contribution in [0, 0.1) is 0 Å². The highest BCUT2D eigenvalue weighted by molar-refractivity contribution is 6.32. The first kappa shape index (κ1) is 15.6. The summed E-state index contributed by atoms with van der Waals surface area (Å²) >= 11 is 11.3. The average Bonchev–Trinajstić information content (AvgIpc) is 2.58. The van der Waals surface area contributed by atoms with Crippen molar-refractivity contribution in [3.63, 3.8) is 0 Å². The summed E-state index contributed by atoms with van der Waals surface area (Å²) in [6.07, 6.45) is 0. The molecule has 0 atom stereocenters. The molecular weight excluding hydrogens is 299 g/mol. The van der Waals surface area contributed by atoms with E-state index in [4.69, 9.17) is 23.2 Å². The van der Waals surface area contributed by atoms with Gasteiger partial charge in [-0.15, -0.1) is 11.6 Å². The molecule has 0 saturated heterocycles. The van der Waals surface area contributed by atoms with Crippen LogP contribution in [0.3, 0.4) is 0 Å². The lowest BCUT2D eigenvalue weighted by molar-refractivity contribution is 1.40. The van der Waals surface area contributed by atoms with Gasteiger partial charge in [0.2, 0.25) is 0 Å². The standard InChI is InChI=1S/C12H10.C7H6Cl2/c1-3-7-11(8-4-1)12-9-5-2-6-10-12;8-5-6-3-1-2-4-7(6)9/h1-10H;1-4H,5H2. The van der Waals surface area contributed by atoms with E-state index >= 15 is 0 Å². The highest BCUT2D eigenvalue weighted by Crippen LogP contribution is 2.17. The molecule has 0 fully saturated rings. The Bertz CT molecular complexity index is 611. The van der Waals surface area contributed by atoms with Crippen LogP contribution in [0.1, 0.15) is 5.56 Å². The molecule has 0 heterocycles. The van der Waals surface area contributed by atoms with Crippen molar-refractivity contribution in [1.29, 1.82) is 0 Å². The van der Waals surface area contributed by atoms with Gasteiger partial charge in [-0.3, -0.25) is 0 Å². The quantitative estimate of drug-likeness (QED) is 0.478. The van der Waals surface area contributed by atoms with Gasteiger partial charge in [-0.2, -0.15) is 0 Å². The maximum atomic E-state index is 5.74. The largest absolute Gasteiger partial charge is 0.121 e. The molecule has 0 radical (unpaired) electrons. The maximum absolute atomic E-state index is 5.74. The highest BCUT2D eigenvalue weighted by Gasteiger charge is 1.93. The smallest absolute Gasteiger partial charge is 0.0488 e. The van der Waals surface area contributed by atoms with E-state index in [1.54, 1.807) is 0 Å². The van der Waals surface area contributed by atoms with E-state index in [1.807, 2.05) is 36.4 Å². The summed E-state index contributed by atoms with van der Waals surface area (Å²) < 4.78 is 0. The molecule has 3 aromatic rings. The Kier molecular flexibility index (Phi) is 6.33. The first-order valence-electron chi connectivity index (χ1n) is 6.71. The first-order valence-corrected chi connectivity index (χ1v) is 7.62. The fraction of sp³-hybridized carbons (Fsp3) is 0.0526. The van der Waals surface area contributed by atoms with Gasteiger partial charge in [0.1, 0.15) is 0 Å². The minimum absolute atomic E-state index is 0.486. The molecule has 0 N–H and O–H groups in total. The topological polar surface area (TPSA) is 0 Å². The number of hydrogen-bond donors (Lipinski definition) is 0. The van der Waals surface area contributed by atoms with Crippen LogP contribution < -0.4 is 0 Å². The Labute approximate surface area is 136 Å². The number of hydrogen-bond acceptors (Lipinski definition) is 0. The molecule has 0 spiro atoms. The van der Waals surface area contributed by atoms with Gasteiger partial charge < -0.3 is 0 Å². The van der Waals surface area contributed by atoms with Gasteiger partial charge in [0.05, 0.1) is 0 Å². The van der Waals surface area contributed by atoms with Gasteiger partial charge >= 0.3 is 0 Å². The van der Waals surface area contributed by atoms with E-state index in [0.29, 0.717) is 5.88 Å². The zero-order valence-corrected chi connectivity index (χ0v) is 13.1. The van der Waals surface area contributed by atoms with E-state index in [2.05, 4.69) is 48.5 Å². The van der Waals surface area contributed by atoms with Crippen LogP contribution in [0.2, 0.25) is 5.02 Å². The van der Waals surface area contributed by atoms with Crippen molar-refractivity contribution in [3.8, 4) is 11.1 Å². The van der Waals surface area contributed by atoms with Gasteiger partial charge in [-0.1, -0.05) is 90.5 Å². The third-order valence-corrected chi connectivity index (χ3v) is 3.64. The third kappa shape index (κ3) is 4.93. The molecule has 0 unspecified atom stereocenters. The molecule has 3 aromatic carbocycles. The lowest BCUT2D eigenvalue weighted by Gasteiger charge is -1.98. The zero-order valence-electron chi connectivity index (χ0n) is 11.5. The molecule has 106 valence electrons. The predicted molar refractivity (Wildman–Crippen MR) is 92.9 cm³/mol. The van der Waals surface area contributed by atoms with Crippen LogP contribution in [-0.2, 0) is 5.88 Å². The normalized spacial score (nSPS) is 9.62. The number of halogens is 2. The molecular formula is C19H16Cl2. The second-order valence-electron chi connectivity index (χ2n) is 4.46. The summed E-state index contributed by atoms with van der Waals surface area (Å²) in [5.74, 6) is 0.486. The second-order valence-corrected chi connectivity index (χ2v) is 5.13. The molecule has 0 nitrogen and oxygen atoms in total. The Morgan fingerprint density at radius 1 is 0.571 bits per heavy atom. The van der Waals surface area contributed by atoms with E-state index in [0.717, 1.165) is 10.6 Å². The van der Waals surface area contributed by atoms with Crippen LogP contribution in [0.4, 0.5) is 0 Å². The van der Waals surface area contributed by atoms with E-state index in [-0.39, 0.29) is 0 Å². The van der Waals surface area contributed by atoms with Gasteiger partial charge in [-0.25, -0.2) is 0 Å². The molecule has 0 saturated carbocycles. The third-order valence-electron chi connectivity index (χ3n) is 2.98. The number of alkyl halides is 1. The van der Waals surface area contributed by atoms with Crippen molar-refractivity contribution in [2.24, 2.45) is 0 Å². The van der Waals surface area contributed by atoms with E-state index in [9.17, 15) is 0 Å². The molecule has 0 aromatic heterocycles. The van der Waals surface area contributed by atoms with Gasteiger partial charge in [0.15, 0.2) is 0 Å². The second kappa shape index (κ2) is 8.51. The molecule has 0 aliphatic heterocycles. The minimum atomic E-state index is 0.486. The maximum Gasteiger partial charge on any atom is 0.0488 e. The van der Waals surface area contributed by atoms with E-state index in [1.165, 1.54) is 11.1 Å². The molecule has 3 rings (SSSR count). The van der Waals surface area contributed by atoms with Crippen LogP contribution in [0.15, 0.2) is 84.9 Å². The lowest BCUT2D eigenvalue weighted by Crippen LogP contribution is -1.76. The summed E-state index contributed by atoms with van der Waals surface area (Å²) in [5.41, 5.74) is 3.54. The van der Waals surface area contributed by atoms with Gasteiger partial charge in [0, 0.05) is 10.9 Å². The first-order chi connectivity index (χ1) is 10.3. The predicted octanol–water partition coefficient (Wildman–Crippen LogP) is 6.43. The summed E-state index contributed by atoms with van der Waals surface area (Å²) in [6, 6.07) is 28.3. The van der Waals surface area contributed by atoms with E-state index < -0.39 is 0 Å². The van der Waals surface area contributed by atoms with Crippen LogP contribution in [0.5, 0.6) is 0 Å².